The highest BCUT2D eigenvalue weighted by atomic mass is 15.2. The molecule has 102 valence electrons. The summed E-state index contributed by atoms with van der Waals surface area (Å²) >= 11 is 0. The summed E-state index contributed by atoms with van der Waals surface area (Å²) in [6.07, 6.45) is 4.27. The monoisotopic (exact) mass is 257 g/mol. The maximum absolute atomic E-state index is 4.55. The lowest BCUT2D eigenvalue weighted by Crippen LogP contribution is -2.11. The van der Waals surface area contributed by atoms with Gasteiger partial charge in [-0.05, 0) is 31.5 Å². The summed E-state index contributed by atoms with van der Waals surface area (Å²) in [5.41, 5.74) is 5.02. The van der Waals surface area contributed by atoms with E-state index >= 15 is 0 Å². The fourth-order valence-electron chi connectivity index (χ4n) is 2.32. The number of aryl methyl sites for hydroxylation is 2. The van der Waals surface area contributed by atoms with Crippen LogP contribution in [0, 0.1) is 0 Å². The van der Waals surface area contributed by atoms with Crippen LogP contribution in [0.1, 0.15) is 37.6 Å². The molecule has 2 rings (SSSR count). The Bertz CT molecular complexity index is 525. The van der Waals surface area contributed by atoms with E-state index in [0.717, 1.165) is 12.8 Å². The third kappa shape index (κ3) is 3.04. The minimum absolute atomic E-state index is 0.387. The molecule has 0 spiro atoms. The van der Waals surface area contributed by atoms with E-state index < -0.39 is 0 Å². The first-order chi connectivity index (χ1) is 9.15. The summed E-state index contributed by atoms with van der Waals surface area (Å²) in [7, 11) is 3.97. The average molecular weight is 257 g/mol. The molecular weight excluding hydrogens is 234 g/mol. The fraction of sp³-hybridized carbons (Fsp3) is 0.438. The highest BCUT2D eigenvalue weighted by Crippen LogP contribution is 2.25. The Hall–Kier alpha value is -1.61. The minimum Gasteiger partial charge on any atom is -0.313 e. The molecule has 0 aliphatic carbocycles. The van der Waals surface area contributed by atoms with Gasteiger partial charge in [0.2, 0.25) is 0 Å². The van der Waals surface area contributed by atoms with E-state index in [2.05, 4.69) is 54.7 Å². The maximum atomic E-state index is 4.55. The molecule has 0 saturated carbocycles. The Morgan fingerprint density at radius 1 is 1.26 bits per heavy atom. The molecule has 1 heterocycles. The number of nitrogens with zero attached hydrogens (tertiary/aromatic N) is 2. The van der Waals surface area contributed by atoms with Gasteiger partial charge < -0.3 is 5.32 Å². The van der Waals surface area contributed by atoms with Crippen LogP contribution in [-0.2, 0) is 13.5 Å². The summed E-state index contributed by atoms with van der Waals surface area (Å²) in [6.45, 7) is 4.36. The molecule has 1 atom stereocenters. The Morgan fingerprint density at radius 2 is 1.95 bits per heavy atom. The van der Waals surface area contributed by atoms with Crippen molar-refractivity contribution in [2.24, 2.45) is 7.05 Å². The van der Waals surface area contributed by atoms with Gasteiger partial charge in [0.25, 0.3) is 0 Å². The molecule has 1 aromatic heterocycles. The molecule has 1 N–H and O–H groups in total. The lowest BCUT2D eigenvalue weighted by Gasteiger charge is -2.11. The predicted octanol–water partition coefficient (Wildman–Crippen LogP) is 3.32. The number of nitrogens with one attached hydrogen (secondary N) is 1. The van der Waals surface area contributed by atoms with Crippen LogP contribution in [0.15, 0.2) is 30.5 Å². The number of rotatable bonds is 5. The van der Waals surface area contributed by atoms with Gasteiger partial charge in [-0.3, -0.25) is 4.68 Å². The van der Waals surface area contributed by atoms with Gasteiger partial charge in [0, 0.05) is 24.8 Å². The molecule has 0 radical (unpaired) electrons. The Labute approximate surface area is 115 Å². The SMILES string of the molecule is CCCc1nn(C)cc1-c1ccc(C(C)NC)cc1. The summed E-state index contributed by atoms with van der Waals surface area (Å²) in [4.78, 5) is 0. The first-order valence-electron chi connectivity index (χ1n) is 6.95. The van der Waals surface area contributed by atoms with E-state index in [1.807, 2.05) is 18.8 Å². The zero-order valence-corrected chi connectivity index (χ0v) is 12.3. The molecule has 1 aromatic carbocycles. The zero-order valence-electron chi connectivity index (χ0n) is 12.3. The van der Waals surface area contributed by atoms with E-state index in [-0.39, 0.29) is 0 Å². The van der Waals surface area contributed by atoms with Crippen molar-refractivity contribution in [3.8, 4) is 11.1 Å². The standard InChI is InChI=1S/C16H23N3/c1-5-6-16-15(11-19(4)18-16)14-9-7-13(8-10-14)12(2)17-3/h7-12,17H,5-6H2,1-4H3. The van der Waals surface area contributed by atoms with Crippen LogP contribution in [0.5, 0.6) is 0 Å². The number of hydrogen-bond acceptors (Lipinski definition) is 2. The molecule has 19 heavy (non-hydrogen) atoms. The van der Waals surface area contributed by atoms with Crippen LogP contribution in [0.2, 0.25) is 0 Å². The quantitative estimate of drug-likeness (QED) is 0.890. The highest BCUT2D eigenvalue weighted by Gasteiger charge is 2.10. The van der Waals surface area contributed by atoms with Crippen molar-refractivity contribution in [1.82, 2.24) is 15.1 Å². The molecule has 0 aliphatic heterocycles. The normalized spacial score (nSPS) is 12.6. The van der Waals surface area contributed by atoms with Crippen molar-refractivity contribution in [2.45, 2.75) is 32.7 Å². The van der Waals surface area contributed by atoms with Crippen molar-refractivity contribution in [3.05, 3.63) is 41.7 Å². The number of benzene rings is 1. The second-order valence-corrected chi connectivity index (χ2v) is 5.05. The van der Waals surface area contributed by atoms with Gasteiger partial charge in [-0.25, -0.2) is 0 Å². The molecular formula is C16H23N3. The minimum atomic E-state index is 0.387. The molecule has 1 unspecified atom stereocenters. The van der Waals surface area contributed by atoms with Crippen LogP contribution in [-0.4, -0.2) is 16.8 Å². The third-order valence-corrected chi connectivity index (χ3v) is 3.55. The van der Waals surface area contributed by atoms with Gasteiger partial charge in [0.15, 0.2) is 0 Å². The molecule has 0 fully saturated rings. The first-order valence-corrected chi connectivity index (χ1v) is 6.95. The highest BCUT2D eigenvalue weighted by molar-refractivity contribution is 5.65. The van der Waals surface area contributed by atoms with Gasteiger partial charge >= 0.3 is 0 Å². The third-order valence-electron chi connectivity index (χ3n) is 3.55. The Balaban J connectivity index is 2.31. The lowest BCUT2D eigenvalue weighted by molar-refractivity contribution is 0.652. The van der Waals surface area contributed by atoms with Crippen LogP contribution in [0.3, 0.4) is 0 Å². The van der Waals surface area contributed by atoms with Crippen LogP contribution in [0.4, 0.5) is 0 Å². The summed E-state index contributed by atoms with van der Waals surface area (Å²) < 4.78 is 1.91. The van der Waals surface area contributed by atoms with Crippen LogP contribution < -0.4 is 5.32 Å². The van der Waals surface area contributed by atoms with Crippen molar-refractivity contribution < 1.29 is 0 Å². The summed E-state index contributed by atoms with van der Waals surface area (Å²) in [5.74, 6) is 0. The predicted molar refractivity (Wildman–Crippen MR) is 80.1 cm³/mol. The van der Waals surface area contributed by atoms with E-state index in [9.17, 15) is 0 Å². The van der Waals surface area contributed by atoms with Gasteiger partial charge in [0.1, 0.15) is 0 Å². The number of aromatic nitrogens is 2. The molecule has 2 aromatic rings. The molecule has 0 bridgehead atoms. The van der Waals surface area contributed by atoms with Gasteiger partial charge in [0.05, 0.1) is 5.69 Å². The Kier molecular flexibility index (Phi) is 4.38. The number of hydrogen-bond donors (Lipinski definition) is 1. The van der Waals surface area contributed by atoms with Gasteiger partial charge in [-0.2, -0.15) is 5.10 Å². The molecule has 3 heteroatoms. The fourth-order valence-corrected chi connectivity index (χ4v) is 2.32. The van der Waals surface area contributed by atoms with Gasteiger partial charge in [-0.15, -0.1) is 0 Å². The molecule has 0 saturated heterocycles. The topological polar surface area (TPSA) is 29.9 Å². The second kappa shape index (κ2) is 6.02. The van der Waals surface area contributed by atoms with Crippen LogP contribution in [0.25, 0.3) is 11.1 Å². The zero-order chi connectivity index (χ0) is 13.8. The lowest BCUT2D eigenvalue weighted by atomic mass is 10.0. The van der Waals surface area contributed by atoms with E-state index in [1.54, 1.807) is 0 Å². The molecule has 3 nitrogen and oxygen atoms in total. The maximum Gasteiger partial charge on any atom is 0.0702 e. The second-order valence-electron chi connectivity index (χ2n) is 5.05. The van der Waals surface area contributed by atoms with Gasteiger partial charge in [-0.1, -0.05) is 37.6 Å². The molecule has 0 aliphatic rings. The smallest absolute Gasteiger partial charge is 0.0702 e. The largest absolute Gasteiger partial charge is 0.313 e. The Morgan fingerprint density at radius 3 is 2.53 bits per heavy atom. The van der Waals surface area contributed by atoms with Crippen molar-refractivity contribution >= 4 is 0 Å². The van der Waals surface area contributed by atoms with Crippen molar-refractivity contribution in [3.63, 3.8) is 0 Å². The van der Waals surface area contributed by atoms with Crippen molar-refractivity contribution in [1.29, 1.82) is 0 Å². The summed E-state index contributed by atoms with van der Waals surface area (Å²) in [5, 5.41) is 7.81. The molecule has 0 amide bonds. The first kappa shape index (κ1) is 13.8. The van der Waals surface area contributed by atoms with Crippen molar-refractivity contribution in [2.75, 3.05) is 7.05 Å². The average Bonchev–Trinajstić information content (AvgIpc) is 2.79. The van der Waals surface area contributed by atoms with E-state index in [0.29, 0.717) is 6.04 Å². The van der Waals surface area contributed by atoms with Crippen LogP contribution >= 0.6 is 0 Å². The summed E-state index contributed by atoms with van der Waals surface area (Å²) in [6, 6.07) is 9.16. The van der Waals surface area contributed by atoms with E-state index in [1.165, 1.54) is 22.4 Å². The van der Waals surface area contributed by atoms with E-state index in [4.69, 9.17) is 0 Å².